The minimum Gasteiger partial charge on any atom is -0.396 e. The lowest BCUT2D eigenvalue weighted by molar-refractivity contribution is -0.116. The summed E-state index contributed by atoms with van der Waals surface area (Å²) in [4.78, 5) is 12.0. The molecule has 1 aromatic heterocycles. The van der Waals surface area contributed by atoms with Crippen LogP contribution in [0.4, 0.5) is 11.4 Å². The zero-order chi connectivity index (χ0) is 14.9. The Labute approximate surface area is 126 Å². The number of hydrogen-bond acceptors (Lipinski definition) is 3. The van der Waals surface area contributed by atoms with Gasteiger partial charge in [0.1, 0.15) is 6.54 Å². The largest absolute Gasteiger partial charge is 0.396 e. The summed E-state index contributed by atoms with van der Waals surface area (Å²) in [5.41, 5.74) is 8.40. The summed E-state index contributed by atoms with van der Waals surface area (Å²) in [5.74, 6) is -0.236. The van der Waals surface area contributed by atoms with Crippen molar-refractivity contribution < 1.29 is 4.79 Å². The number of halogens is 2. The van der Waals surface area contributed by atoms with Crippen LogP contribution >= 0.6 is 23.2 Å². The lowest BCUT2D eigenvalue weighted by Crippen LogP contribution is -2.20. The highest BCUT2D eigenvalue weighted by molar-refractivity contribution is 6.36. The number of carbonyl (C=O) groups excluding carboxylic acids is 1. The second-order valence-electron chi connectivity index (χ2n) is 4.41. The number of aryl methyl sites for hydroxylation is 1. The number of hydrogen-bond donors (Lipinski definition) is 2. The van der Waals surface area contributed by atoms with E-state index >= 15 is 0 Å². The van der Waals surface area contributed by atoms with Crippen molar-refractivity contribution >= 4 is 40.5 Å². The Hall–Kier alpha value is -1.72. The average Bonchev–Trinajstić information content (AvgIpc) is 2.61. The molecule has 0 fully saturated rings. The van der Waals surface area contributed by atoms with E-state index in [1.165, 1.54) is 0 Å². The molecule has 3 N–H and O–H groups in total. The van der Waals surface area contributed by atoms with E-state index in [0.717, 1.165) is 5.69 Å². The number of nitrogens with two attached hydrogens (primary N) is 1. The molecule has 0 radical (unpaired) electrons. The van der Waals surface area contributed by atoms with Crippen LogP contribution in [0.3, 0.4) is 0 Å². The van der Waals surface area contributed by atoms with Crippen LogP contribution in [0.15, 0.2) is 18.2 Å². The fourth-order valence-electron chi connectivity index (χ4n) is 1.78. The van der Waals surface area contributed by atoms with Crippen molar-refractivity contribution in [3.63, 3.8) is 0 Å². The molecule has 1 heterocycles. The van der Waals surface area contributed by atoms with Gasteiger partial charge in [-0.2, -0.15) is 5.10 Å². The van der Waals surface area contributed by atoms with Gasteiger partial charge in [0.05, 0.1) is 27.8 Å². The van der Waals surface area contributed by atoms with Crippen LogP contribution in [-0.4, -0.2) is 15.7 Å². The van der Waals surface area contributed by atoms with Gasteiger partial charge in [0, 0.05) is 5.02 Å². The summed E-state index contributed by atoms with van der Waals surface area (Å²) in [6, 6.07) is 4.88. The van der Waals surface area contributed by atoms with E-state index in [1.54, 1.807) is 29.8 Å². The van der Waals surface area contributed by atoms with E-state index in [-0.39, 0.29) is 12.5 Å². The summed E-state index contributed by atoms with van der Waals surface area (Å²) in [7, 11) is 0. The van der Waals surface area contributed by atoms with Gasteiger partial charge in [-0.3, -0.25) is 9.48 Å². The van der Waals surface area contributed by atoms with Crippen LogP contribution in [0.5, 0.6) is 0 Å². The molecule has 2 aromatic rings. The van der Waals surface area contributed by atoms with Crippen molar-refractivity contribution in [2.24, 2.45) is 0 Å². The third-order valence-electron chi connectivity index (χ3n) is 2.94. The lowest BCUT2D eigenvalue weighted by atomic mass is 10.3. The zero-order valence-electron chi connectivity index (χ0n) is 11.1. The molecule has 0 aliphatic carbocycles. The second kappa shape index (κ2) is 5.73. The topological polar surface area (TPSA) is 72.9 Å². The highest BCUT2D eigenvalue weighted by Crippen LogP contribution is 2.25. The number of aromatic nitrogens is 2. The third kappa shape index (κ3) is 3.05. The van der Waals surface area contributed by atoms with Gasteiger partial charge < -0.3 is 11.1 Å². The molecular weight excluding hydrogens is 299 g/mol. The van der Waals surface area contributed by atoms with Gasteiger partial charge >= 0.3 is 0 Å². The van der Waals surface area contributed by atoms with Gasteiger partial charge in [-0.15, -0.1) is 0 Å². The van der Waals surface area contributed by atoms with Crippen molar-refractivity contribution in [3.8, 4) is 0 Å². The van der Waals surface area contributed by atoms with Crippen LogP contribution in [0, 0.1) is 13.8 Å². The molecule has 2 rings (SSSR count). The van der Waals surface area contributed by atoms with Crippen LogP contribution < -0.4 is 11.1 Å². The zero-order valence-corrected chi connectivity index (χ0v) is 12.6. The molecule has 106 valence electrons. The number of anilines is 2. The molecule has 20 heavy (non-hydrogen) atoms. The Bertz CT molecular complexity index is 667. The Balaban J connectivity index is 2.11. The number of nitrogens with zero attached hydrogens (tertiary/aromatic N) is 2. The molecule has 0 atom stereocenters. The van der Waals surface area contributed by atoms with Gasteiger partial charge in [0.15, 0.2) is 0 Å². The van der Waals surface area contributed by atoms with Crippen molar-refractivity contribution in [3.05, 3.63) is 39.6 Å². The normalized spacial score (nSPS) is 10.6. The first-order chi connectivity index (χ1) is 9.38. The van der Waals surface area contributed by atoms with Gasteiger partial charge in [0.25, 0.3) is 0 Å². The maximum absolute atomic E-state index is 12.0. The molecule has 0 spiro atoms. The number of benzene rings is 1. The fraction of sp³-hybridized carbons (Fsp3) is 0.231. The van der Waals surface area contributed by atoms with Gasteiger partial charge in [-0.05, 0) is 32.0 Å². The Morgan fingerprint density at radius 3 is 2.65 bits per heavy atom. The molecule has 1 aromatic carbocycles. The van der Waals surface area contributed by atoms with Crippen molar-refractivity contribution in [2.45, 2.75) is 20.4 Å². The third-order valence-corrected chi connectivity index (χ3v) is 3.48. The Morgan fingerprint density at radius 2 is 2.10 bits per heavy atom. The monoisotopic (exact) mass is 312 g/mol. The van der Waals surface area contributed by atoms with Crippen LogP contribution in [-0.2, 0) is 11.3 Å². The van der Waals surface area contributed by atoms with Gasteiger partial charge in [-0.25, -0.2) is 0 Å². The van der Waals surface area contributed by atoms with Crippen LogP contribution in [0.25, 0.3) is 0 Å². The SMILES string of the molecule is Cc1nn(CC(=O)Nc2ccc(Cl)cc2Cl)c(C)c1N. The minimum atomic E-state index is -0.236. The van der Waals surface area contributed by atoms with Gasteiger partial charge in [-0.1, -0.05) is 23.2 Å². The Kier molecular flexibility index (Phi) is 4.20. The average molecular weight is 313 g/mol. The molecule has 7 heteroatoms. The number of amides is 1. The second-order valence-corrected chi connectivity index (χ2v) is 5.26. The summed E-state index contributed by atoms with van der Waals surface area (Å²) in [6.07, 6.45) is 0. The number of nitrogen functional groups attached to an aromatic ring is 1. The molecule has 0 aliphatic heterocycles. The molecule has 0 bridgehead atoms. The molecule has 1 amide bonds. The van der Waals surface area contributed by atoms with E-state index in [9.17, 15) is 4.79 Å². The first-order valence-electron chi connectivity index (χ1n) is 5.93. The molecule has 0 saturated heterocycles. The number of carbonyl (C=O) groups is 1. The van der Waals surface area contributed by atoms with Crippen LogP contribution in [0.2, 0.25) is 10.0 Å². The predicted octanol–water partition coefficient (Wildman–Crippen LogP) is 3.03. The lowest BCUT2D eigenvalue weighted by Gasteiger charge is -2.08. The predicted molar refractivity (Wildman–Crippen MR) is 81.2 cm³/mol. The van der Waals surface area contributed by atoms with Crippen LogP contribution in [0.1, 0.15) is 11.4 Å². The van der Waals surface area contributed by atoms with E-state index in [4.69, 9.17) is 28.9 Å². The maximum Gasteiger partial charge on any atom is 0.246 e. The highest BCUT2D eigenvalue weighted by atomic mass is 35.5. The Morgan fingerprint density at radius 1 is 1.40 bits per heavy atom. The number of nitrogens with one attached hydrogen (secondary N) is 1. The van der Waals surface area contributed by atoms with E-state index in [1.807, 2.05) is 6.92 Å². The fourth-order valence-corrected chi connectivity index (χ4v) is 2.24. The molecule has 0 unspecified atom stereocenters. The highest BCUT2D eigenvalue weighted by Gasteiger charge is 2.12. The van der Waals surface area contributed by atoms with E-state index in [2.05, 4.69) is 10.4 Å². The quantitative estimate of drug-likeness (QED) is 0.915. The summed E-state index contributed by atoms with van der Waals surface area (Å²) >= 11 is 11.8. The van der Waals surface area contributed by atoms with Gasteiger partial charge in [0.2, 0.25) is 5.91 Å². The minimum absolute atomic E-state index is 0.0723. The first kappa shape index (κ1) is 14.7. The molecule has 5 nitrogen and oxygen atoms in total. The van der Waals surface area contributed by atoms with E-state index < -0.39 is 0 Å². The first-order valence-corrected chi connectivity index (χ1v) is 6.68. The summed E-state index contributed by atoms with van der Waals surface area (Å²) in [5, 5.41) is 7.82. The standard InChI is InChI=1S/C13H14Cl2N4O/c1-7-13(16)8(2)19(18-7)6-12(20)17-11-4-3-9(14)5-10(11)15/h3-5H,6,16H2,1-2H3,(H,17,20). The number of rotatable bonds is 3. The van der Waals surface area contributed by atoms with Crippen molar-refractivity contribution in [1.82, 2.24) is 9.78 Å². The molecule has 0 saturated carbocycles. The van der Waals surface area contributed by atoms with E-state index in [0.29, 0.717) is 27.1 Å². The molecular formula is C13H14Cl2N4O. The van der Waals surface area contributed by atoms with Crippen molar-refractivity contribution in [1.29, 1.82) is 0 Å². The maximum atomic E-state index is 12.0. The summed E-state index contributed by atoms with van der Waals surface area (Å²) < 4.78 is 1.56. The van der Waals surface area contributed by atoms with Crippen molar-refractivity contribution in [2.75, 3.05) is 11.1 Å². The smallest absolute Gasteiger partial charge is 0.246 e. The molecule has 0 aliphatic rings. The summed E-state index contributed by atoms with van der Waals surface area (Å²) in [6.45, 7) is 3.69.